The van der Waals surface area contributed by atoms with E-state index in [9.17, 15) is 0 Å². The van der Waals surface area contributed by atoms with Gasteiger partial charge in [0.05, 0.1) is 0 Å². The van der Waals surface area contributed by atoms with Crippen LogP contribution in [0.2, 0.25) is 0 Å². The van der Waals surface area contributed by atoms with Crippen LogP contribution < -0.4 is 11.1 Å². The molecule has 82 valence electrons. The largest absolute Gasteiger partial charge is 0.329 e. The van der Waals surface area contributed by atoms with Crippen molar-refractivity contribution in [1.29, 1.82) is 0 Å². The summed E-state index contributed by atoms with van der Waals surface area (Å²) in [6.45, 7) is 5.07. The third-order valence-corrected chi connectivity index (χ3v) is 3.01. The summed E-state index contributed by atoms with van der Waals surface area (Å²) < 4.78 is 0. The van der Waals surface area contributed by atoms with Crippen LogP contribution in [-0.2, 0) is 0 Å². The van der Waals surface area contributed by atoms with Gasteiger partial charge in [-0.3, -0.25) is 0 Å². The van der Waals surface area contributed by atoms with Gasteiger partial charge in [0.25, 0.3) is 0 Å². The van der Waals surface area contributed by atoms with Crippen molar-refractivity contribution in [3.05, 3.63) is 42.5 Å². The van der Waals surface area contributed by atoms with Crippen LogP contribution in [0.15, 0.2) is 41.8 Å². The van der Waals surface area contributed by atoms with E-state index < -0.39 is 0 Å². The Kier molecular flexibility index (Phi) is 5.47. The van der Waals surface area contributed by atoms with Gasteiger partial charge in [-0.1, -0.05) is 18.2 Å². The first-order valence-corrected chi connectivity index (χ1v) is 6.22. The summed E-state index contributed by atoms with van der Waals surface area (Å²) in [6, 6.07) is 8.72. The zero-order chi connectivity index (χ0) is 11.1. The van der Waals surface area contributed by atoms with Gasteiger partial charge in [0, 0.05) is 24.0 Å². The summed E-state index contributed by atoms with van der Waals surface area (Å²) in [5.41, 5.74) is 6.95. The second-order valence-corrected chi connectivity index (χ2v) is 4.14. The van der Waals surface area contributed by atoms with Crippen LogP contribution in [0.25, 0.3) is 0 Å². The predicted molar refractivity (Wildman–Crippen MR) is 68.2 cm³/mol. The molecule has 3 N–H and O–H groups in total. The van der Waals surface area contributed by atoms with Crippen LogP contribution in [0.3, 0.4) is 0 Å². The van der Waals surface area contributed by atoms with Crippen LogP contribution in [0.5, 0.6) is 0 Å². The highest BCUT2D eigenvalue weighted by molar-refractivity contribution is 7.98. The Morgan fingerprint density at radius 2 is 2.13 bits per heavy atom. The topological polar surface area (TPSA) is 38.0 Å². The molecule has 3 heteroatoms. The lowest BCUT2D eigenvalue weighted by Crippen LogP contribution is -2.28. The van der Waals surface area contributed by atoms with Crippen molar-refractivity contribution in [1.82, 2.24) is 5.32 Å². The zero-order valence-electron chi connectivity index (χ0n) is 9.07. The first-order chi connectivity index (χ1) is 7.31. The number of hydrogen-bond acceptors (Lipinski definition) is 3. The Balaban J connectivity index is 2.69. The zero-order valence-corrected chi connectivity index (χ0v) is 9.89. The average Bonchev–Trinajstić information content (AvgIpc) is 2.31. The molecule has 0 heterocycles. The van der Waals surface area contributed by atoms with E-state index in [1.165, 1.54) is 10.5 Å². The Labute approximate surface area is 95.9 Å². The lowest BCUT2D eigenvalue weighted by molar-refractivity contribution is 0.577. The molecule has 0 saturated carbocycles. The summed E-state index contributed by atoms with van der Waals surface area (Å²) in [7, 11) is 0. The SMILES string of the molecule is C=CCNC(CN)c1ccc(SC)cc1. The average molecular weight is 222 g/mol. The fourth-order valence-corrected chi connectivity index (χ4v) is 1.81. The number of hydrogen-bond donors (Lipinski definition) is 2. The monoisotopic (exact) mass is 222 g/mol. The molecule has 1 unspecified atom stereocenters. The third-order valence-electron chi connectivity index (χ3n) is 2.26. The number of nitrogens with two attached hydrogens (primary N) is 1. The minimum Gasteiger partial charge on any atom is -0.329 e. The molecular weight excluding hydrogens is 204 g/mol. The van der Waals surface area contributed by atoms with E-state index in [0.29, 0.717) is 6.54 Å². The molecule has 0 fully saturated rings. The molecule has 15 heavy (non-hydrogen) atoms. The lowest BCUT2D eigenvalue weighted by Gasteiger charge is -2.16. The maximum atomic E-state index is 5.71. The van der Waals surface area contributed by atoms with Gasteiger partial charge in [-0.2, -0.15) is 0 Å². The molecule has 1 aromatic carbocycles. The van der Waals surface area contributed by atoms with Gasteiger partial charge in [0.15, 0.2) is 0 Å². The van der Waals surface area contributed by atoms with E-state index in [-0.39, 0.29) is 6.04 Å². The number of nitrogens with one attached hydrogen (secondary N) is 1. The number of thioether (sulfide) groups is 1. The molecule has 1 aromatic rings. The molecule has 0 amide bonds. The fraction of sp³-hybridized carbons (Fsp3) is 0.333. The fourth-order valence-electron chi connectivity index (χ4n) is 1.40. The molecule has 1 rings (SSSR count). The van der Waals surface area contributed by atoms with Crippen LogP contribution in [0.4, 0.5) is 0 Å². The van der Waals surface area contributed by atoms with Crippen molar-refractivity contribution < 1.29 is 0 Å². The van der Waals surface area contributed by atoms with Crippen molar-refractivity contribution in [3.8, 4) is 0 Å². The van der Waals surface area contributed by atoms with Crippen molar-refractivity contribution in [3.63, 3.8) is 0 Å². The van der Waals surface area contributed by atoms with E-state index >= 15 is 0 Å². The highest BCUT2D eigenvalue weighted by Crippen LogP contribution is 2.18. The standard InChI is InChI=1S/C12H18N2S/c1-3-8-14-12(9-13)10-4-6-11(15-2)7-5-10/h3-7,12,14H,1,8-9,13H2,2H3. The number of rotatable bonds is 6. The third kappa shape index (κ3) is 3.70. The summed E-state index contributed by atoms with van der Waals surface area (Å²) in [5.74, 6) is 0. The molecule has 0 aliphatic heterocycles. The van der Waals surface area contributed by atoms with Gasteiger partial charge in [0.2, 0.25) is 0 Å². The molecule has 0 aliphatic rings. The highest BCUT2D eigenvalue weighted by atomic mass is 32.2. The van der Waals surface area contributed by atoms with Gasteiger partial charge in [-0.15, -0.1) is 18.3 Å². The maximum absolute atomic E-state index is 5.71. The molecule has 0 saturated heterocycles. The molecule has 0 radical (unpaired) electrons. The van der Waals surface area contributed by atoms with Gasteiger partial charge >= 0.3 is 0 Å². The summed E-state index contributed by atoms with van der Waals surface area (Å²) >= 11 is 1.75. The maximum Gasteiger partial charge on any atom is 0.0446 e. The highest BCUT2D eigenvalue weighted by Gasteiger charge is 2.07. The van der Waals surface area contributed by atoms with Crippen molar-refractivity contribution in [2.24, 2.45) is 5.73 Å². The molecule has 0 bridgehead atoms. The molecule has 1 atom stereocenters. The normalized spacial score (nSPS) is 12.4. The van der Waals surface area contributed by atoms with Gasteiger partial charge in [-0.05, 0) is 24.0 Å². The van der Waals surface area contributed by atoms with E-state index in [1.807, 2.05) is 6.08 Å². The molecule has 0 aromatic heterocycles. The van der Waals surface area contributed by atoms with Gasteiger partial charge in [0.1, 0.15) is 0 Å². The summed E-state index contributed by atoms with van der Waals surface area (Å²) in [4.78, 5) is 1.28. The van der Waals surface area contributed by atoms with E-state index in [0.717, 1.165) is 6.54 Å². The van der Waals surface area contributed by atoms with Crippen molar-refractivity contribution >= 4 is 11.8 Å². The van der Waals surface area contributed by atoms with Crippen LogP contribution in [-0.4, -0.2) is 19.3 Å². The van der Waals surface area contributed by atoms with E-state index in [1.54, 1.807) is 11.8 Å². The minimum atomic E-state index is 0.221. The second-order valence-electron chi connectivity index (χ2n) is 3.26. The summed E-state index contributed by atoms with van der Waals surface area (Å²) in [6.07, 6.45) is 3.92. The van der Waals surface area contributed by atoms with Gasteiger partial charge in [-0.25, -0.2) is 0 Å². The van der Waals surface area contributed by atoms with Crippen LogP contribution >= 0.6 is 11.8 Å². The first kappa shape index (κ1) is 12.3. The van der Waals surface area contributed by atoms with Crippen molar-refractivity contribution in [2.75, 3.05) is 19.3 Å². The Hall–Kier alpha value is -0.770. The smallest absolute Gasteiger partial charge is 0.0446 e. The lowest BCUT2D eigenvalue weighted by atomic mass is 10.1. The summed E-state index contributed by atoms with van der Waals surface area (Å²) in [5, 5.41) is 3.32. The Morgan fingerprint density at radius 3 is 2.60 bits per heavy atom. The predicted octanol–water partition coefficient (Wildman–Crippen LogP) is 2.18. The van der Waals surface area contributed by atoms with Crippen LogP contribution in [0.1, 0.15) is 11.6 Å². The van der Waals surface area contributed by atoms with E-state index in [4.69, 9.17) is 5.73 Å². The van der Waals surface area contributed by atoms with E-state index in [2.05, 4.69) is 42.4 Å². The second kappa shape index (κ2) is 6.67. The quantitative estimate of drug-likeness (QED) is 0.572. The number of benzene rings is 1. The molecular formula is C12H18N2S. The van der Waals surface area contributed by atoms with Crippen molar-refractivity contribution in [2.45, 2.75) is 10.9 Å². The Morgan fingerprint density at radius 1 is 1.47 bits per heavy atom. The first-order valence-electron chi connectivity index (χ1n) is 5.00. The Bertz CT molecular complexity index is 295. The molecule has 0 aliphatic carbocycles. The molecule has 2 nitrogen and oxygen atoms in total. The van der Waals surface area contributed by atoms with Gasteiger partial charge < -0.3 is 11.1 Å². The van der Waals surface area contributed by atoms with Crippen LogP contribution in [0, 0.1) is 0 Å². The molecule has 0 spiro atoms. The minimum absolute atomic E-state index is 0.221.